The van der Waals surface area contributed by atoms with Gasteiger partial charge in [-0.1, -0.05) is 0 Å². The maximum atomic E-state index is 13.6. The van der Waals surface area contributed by atoms with E-state index in [4.69, 9.17) is 4.74 Å². The molecule has 1 aromatic heterocycles. The van der Waals surface area contributed by atoms with Crippen LogP contribution in [-0.4, -0.2) is 62.3 Å². The monoisotopic (exact) mass is 454 g/mol. The number of rotatable bonds is 7. The molecule has 0 bridgehead atoms. The summed E-state index contributed by atoms with van der Waals surface area (Å²) in [6, 6.07) is 8.91. The normalized spacial score (nSPS) is 20.2. The number of nitrogens with zero attached hydrogens (tertiary/aromatic N) is 2. The van der Waals surface area contributed by atoms with Crippen molar-refractivity contribution in [2.45, 2.75) is 38.5 Å². The Morgan fingerprint density at radius 1 is 1.27 bits per heavy atom. The minimum Gasteiger partial charge on any atom is -0.381 e. The van der Waals surface area contributed by atoms with E-state index in [0.29, 0.717) is 24.3 Å². The molecule has 0 spiro atoms. The van der Waals surface area contributed by atoms with Crippen LogP contribution >= 0.6 is 0 Å². The van der Waals surface area contributed by atoms with E-state index in [1.165, 1.54) is 6.07 Å². The number of methoxy groups -OCH3 is 1. The van der Waals surface area contributed by atoms with Gasteiger partial charge in [-0.05, 0) is 67.8 Å². The molecule has 0 saturated carbocycles. The van der Waals surface area contributed by atoms with Crippen molar-refractivity contribution in [3.8, 4) is 11.1 Å². The number of aromatic nitrogens is 1. The van der Waals surface area contributed by atoms with Crippen molar-refractivity contribution in [2.75, 3.05) is 33.3 Å². The Kier molecular flexibility index (Phi) is 7.51. The molecule has 1 fully saturated rings. The van der Waals surface area contributed by atoms with Gasteiger partial charge in [-0.2, -0.15) is 4.39 Å². The molecule has 2 aliphatic heterocycles. The summed E-state index contributed by atoms with van der Waals surface area (Å²) in [6.07, 6.45) is 2.06. The van der Waals surface area contributed by atoms with Gasteiger partial charge in [0.2, 0.25) is 5.95 Å². The highest BCUT2D eigenvalue weighted by molar-refractivity contribution is 5.96. The molecule has 2 aliphatic rings. The smallest absolute Gasteiger partial charge is 0.251 e. The fourth-order valence-corrected chi connectivity index (χ4v) is 4.27. The van der Waals surface area contributed by atoms with Gasteiger partial charge in [0.25, 0.3) is 5.91 Å². The molecular weight excluding hydrogens is 423 g/mol. The van der Waals surface area contributed by atoms with Crippen LogP contribution in [-0.2, 0) is 11.3 Å². The van der Waals surface area contributed by atoms with Crippen molar-refractivity contribution in [1.29, 1.82) is 0 Å². The van der Waals surface area contributed by atoms with E-state index in [1.807, 2.05) is 18.2 Å². The van der Waals surface area contributed by atoms with Gasteiger partial charge >= 0.3 is 0 Å². The van der Waals surface area contributed by atoms with Crippen LogP contribution < -0.4 is 21.3 Å². The summed E-state index contributed by atoms with van der Waals surface area (Å²) in [5.41, 5.74) is 3.66. The van der Waals surface area contributed by atoms with E-state index in [2.05, 4.69) is 31.2 Å². The van der Waals surface area contributed by atoms with Crippen molar-refractivity contribution in [1.82, 2.24) is 26.3 Å². The summed E-state index contributed by atoms with van der Waals surface area (Å²) in [7, 11) is 1.73. The standard InChI is InChI=1S/C24H31FN6O2/c1-15-21(3-4-22(25)31-15)17-9-16(13-30-24-27-7-8-28-24)10-18(11-17)23(32)29-14-19-12-20(33-2)5-6-26-19/h3-4,9-11,19-20,26H,5-8,12-14H2,1-2H3,(H,29,32)(H2,27,28,30). The third kappa shape index (κ3) is 6.06. The molecule has 2 aromatic rings. The van der Waals surface area contributed by atoms with E-state index < -0.39 is 5.95 Å². The molecule has 3 heterocycles. The zero-order chi connectivity index (χ0) is 23.2. The fraction of sp³-hybridized carbons (Fsp3) is 0.458. The first-order chi connectivity index (χ1) is 16.0. The molecule has 0 radical (unpaired) electrons. The highest BCUT2D eigenvalue weighted by atomic mass is 19.1. The van der Waals surface area contributed by atoms with Gasteiger partial charge in [0.1, 0.15) is 0 Å². The van der Waals surface area contributed by atoms with E-state index in [-0.39, 0.29) is 18.1 Å². The lowest BCUT2D eigenvalue weighted by Gasteiger charge is -2.29. The number of hydrogen-bond donors (Lipinski definition) is 4. The second-order valence-corrected chi connectivity index (χ2v) is 8.44. The number of carbonyl (C=O) groups excluding carboxylic acids is 1. The van der Waals surface area contributed by atoms with Crippen LogP contribution in [0.3, 0.4) is 0 Å². The van der Waals surface area contributed by atoms with E-state index in [0.717, 1.165) is 55.1 Å². The summed E-state index contributed by atoms with van der Waals surface area (Å²) in [4.78, 5) is 21.4. The molecule has 4 rings (SSSR count). The third-order valence-corrected chi connectivity index (χ3v) is 6.04. The number of pyridine rings is 1. The number of halogens is 1. The van der Waals surface area contributed by atoms with Crippen LogP contribution in [0.25, 0.3) is 11.1 Å². The number of benzene rings is 1. The molecule has 4 N–H and O–H groups in total. The number of hydrogen-bond acceptors (Lipinski definition) is 7. The average Bonchev–Trinajstić information content (AvgIpc) is 3.35. The second kappa shape index (κ2) is 10.7. The molecule has 9 heteroatoms. The van der Waals surface area contributed by atoms with Gasteiger partial charge in [-0.25, -0.2) is 4.98 Å². The van der Waals surface area contributed by atoms with Gasteiger partial charge in [-0.3, -0.25) is 9.79 Å². The largest absolute Gasteiger partial charge is 0.381 e. The van der Waals surface area contributed by atoms with Gasteiger partial charge in [0, 0.05) is 49.6 Å². The molecule has 33 heavy (non-hydrogen) atoms. The SMILES string of the molecule is COC1CCNC(CNC(=O)c2cc(CNC3=NCCN3)cc(-c3ccc(F)nc3C)c2)C1. The summed E-state index contributed by atoms with van der Waals surface area (Å²) < 4.78 is 19.0. The fourth-order valence-electron chi connectivity index (χ4n) is 4.27. The van der Waals surface area contributed by atoms with Gasteiger partial charge < -0.3 is 26.0 Å². The summed E-state index contributed by atoms with van der Waals surface area (Å²) in [5.74, 6) is 0.0808. The van der Waals surface area contributed by atoms with Crippen molar-refractivity contribution < 1.29 is 13.9 Å². The Balaban J connectivity index is 1.53. The van der Waals surface area contributed by atoms with Crippen LogP contribution in [0.5, 0.6) is 0 Å². The number of aryl methyl sites for hydroxylation is 1. The quantitative estimate of drug-likeness (QED) is 0.476. The van der Waals surface area contributed by atoms with Crippen molar-refractivity contribution >= 4 is 11.9 Å². The lowest BCUT2D eigenvalue weighted by Crippen LogP contribution is -2.47. The van der Waals surface area contributed by atoms with E-state index in [1.54, 1.807) is 20.1 Å². The number of amides is 1. The zero-order valence-corrected chi connectivity index (χ0v) is 19.1. The molecule has 2 unspecified atom stereocenters. The minimum atomic E-state index is -0.522. The third-order valence-electron chi connectivity index (χ3n) is 6.04. The lowest BCUT2D eigenvalue weighted by molar-refractivity contribution is 0.0611. The molecule has 176 valence electrons. The number of aliphatic imine (C=N–C) groups is 1. The van der Waals surface area contributed by atoms with E-state index in [9.17, 15) is 9.18 Å². The van der Waals surface area contributed by atoms with Gasteiger partial charge in [0.05, 0.1) is 12.6 Å². The second-order valence-electron chi connectivity index (χ2n) is 8.44. The molecule has 2 atom stereocenters. The molecule has 1 aromatic carbocycles. The van der Waals surface area contributed by atoms with Crippen LogP contribution in [0, 0.1) is 12.9 Å². The Morgan fingerprint density at radius 2 is 2.15 bits per heavy atom. The van der Waals surface area contributed by atoms with Crippen molar-refractivity contribution in [3.63, 3.8) is 0 Å². The lowest BCUT2D eigenvalue weighted by atomic mass is 9.98. The maximum absolute atomic E-state index is 13.6. The summed E-state index contributed by atoms with van der Waals surface area (Å²) >= 11 is 0. The number of piperidine rings is 1. The van der Waals surface area contributed by atoms with Crippen LogP contribution in [0.4, 0.5) is 4.39 Å². The van der Waals surface area contributed by atoms with Gasteiger partial charge in [0.15, 0.2) is 5.96 Å². The Hall–Kier alpha value is -3.04. The molecule has 1 saturated heterocycles. The Morgan fingerprint density at radius 3 is 2.91 bits per heavy atom. The van der Waals surface area contributed by atoms with E-state index >= 15 is 0 Å². The molecule has 1 amide bonds. The highest BCUT2D eigenvalue weighted by Crippen LogP contribution is 2.25. The predicted octanol–water partition coefficient (Wildman–Crippen LogP) is 1.74. The average molecular weight is 455 g/mol. The first-order valence-corrected chi connectivity index (χ1v) is 11.4. The first kappa shape index (κ1) is 23.1. The van der Waals surface area contributed by atoms with Gasteiger partial charge in [-0.15, -0.1) is 0 Å². The van der Waals surface area contributed by atoms with Crippen LogP contribution in [0.2, 0.25) is 0 Å². The Labute approximate surface area is 193 Å². The predicted molar refractivity (Wildman–Crippen MR) is 126 cm³/mol. The number of nitrogens with one attached hydrogen (secondary N) is 4. The zero-order valence-electron chi connectivity index (χ0n) is 19.1. The number of carbonyl (C=O) groups is 1. The minimum absolute atomic E-state index is 0.150. The summed E-state index contributed by atoms with van der Waals surface area (Å²) in [6.45, 7) is 5.23. The molecular formula is C24H31FN6O2. The molecule has 0 aliphatic carbocycles. The maximum Gasteiger partial charge on any atom is 0.251 e. The van der Waals surface area contributed by atoms with Crippen molar-refractivity contribution in [3.05, 3.63) is 53.1 Å². The molecule has 8 nitrogen and oxygen atoms in total. The van der Waals surface area contributed by atoms with Crippen LogP contribution in [0.15, 0.2) is 35.3 Å². The Bertz CT molecular complexity index is 1030. The first-order valence-electron chi connectivity index (χ1n) is 11.4. The van der Waals surface area contributed by atoms with Crippen LogP contribution in [0.1, 0.15) is 34.5 Å². The van der Waals surface area contributed by atoms with Crippen molar-refractivity contribution in [2.24, 2.45) is 4.99 Å². The number of ether oxygens (including phenoxy) is 1. The number of guanidine groups is 1. The topological polar surface area (TPSA) is 99.7 Å². The summed E-state index contributed by atoms with van der Waals surface area (Å²) in [5, 5.41) is 12.9. The highest BCUT2D eigenvalue weighted by Gasteiger charge is 2.22.